The van der Waals surface area contributed by atoms with E-state index in [2.05, 4.69) is 15.1 Å². The van der Waals surface area contributed by atoms with Gasteiger partial charge in [-0.05, 0) is 56.5 Å². The number of carbonyl (C=O) groups is 2. The molecule has 0 atom stereocenters. The highest BCUT2D eigenvalue weighted by molar-refractivity contribution is 6.30. The number of halogens is 1. The quantitative estimate of drug-likeness (QED) is 0.839. The summed E-state index contributed by atoms with van der Waals surface area (Å²) in [5, 5.41) is 3.66. The summed E-state index contributed by atoms with van der Waals surface area (Å²) in [5.41, 5.74) is 1.04. The Bertz CT molecular complexity index is 619. The number of hydrogen-bond acceptors (Lipinski definition) is 3. The molecule has 27 heavy (non-hydrogen) atoms. The molecule has 5 nitrogen and oxygen atoms in total. The van der Waals surface area contributed by atoms with Crippen molar-refractivity contribution in [1.29, 1.82) is 0 Å². The van der Waals surface area contributed by atoms with Crippen LogP contribution in [0.2, 0.25) is 5.02 Å². The topological polar surface area (TPSA) is 52.7 Å². The van der Waals surface area contributed by atoms with Gasteiger partial charge in [-0.2, -0.15) is 0 Å². The Hall–Kier alpha value is -1.59. The molecule has 1 aromatic rings. The maximum absolute atomic E-state index is 12.7. The van der Waals surface area contributed by atoms with E-state index in [1.54, 1.807) is 0 Å². The average molecular weight is 392 g/mol. The molecule has 2 fully saturated rings. The molecule has 6 heteroatoms. The Balaban J connectivity index is 1.37. The lowest BCUT2D eigenvalue weighted by Gasteiger charge is -2.33. The lowest BCUT2D eigenvalue weighted by atomic mass is 9.95. The van der Waals surface area contributed by atoms with Crippen LogP contribution in [0.1, 0.15) is 44.1 Å². The van der Waals surface area contributed by atoms with Gasteiger partial charge in [0.1, 0.15) is 0 Å². The van der Waals surface area contributed by atoms with Crippen LogP contribution < -0.4 is 5.32 Å². The SMILES string of the molecule is O=C(CN1CCC(C(=O)N2CCCCCC2)CC1)NCc1ccc(Cl)cc1. The molecule has 0 spiro atoms. The number of likely N-dealkylation sites (tertiary alicyclic amines) is 2. The fourth-order valence-electron chi connectivity index (χ4n) is 3.95. The zero-order valence-corrected chi connectivity index (χ0v) is 16.7. The molecule has 0 aliphatic carbocycles. The normalized spacial score (nSPS) is 19.5. The molecule has 1 aromatic carbocycles. The molecule has 2 aliphatic heterocycles. The van der Waals surface area contributed by atoms with Gasteiger partial charge in [0.15, 0.2) is 0 Å². The Morgan fingerprint density at radius 3 is 2.22 bits per heavy atom. The minimum absolute atomic E-state index is 0.0299. The molecule has 148 valence electrons. The Kier molecular flexibility index (Phi) is 7.53. The predicted molar refractivity (Wildman–Crippen MR) is 108 cm³/mol. The molecule has 1 N–H and O–H groups in total. The molecule has 3 rings (SSSR count). The molecule has 2 saturated heterocycles. The molecule has 0 aromatic heterocycles. The molecule has 0 unspecified atom stereocenters. The highest BCUT2D eigenvalue weighted by atomic mass is 35.5. The van der Waals surface area contributed by atoms with E-state index in [0.29, 0.717) is 24.0 Å². The summed E-state index contributed by atoms with van der Waals surface area (Å²) in [6.07, 6.45) is 6.48. The summed E-state index contributed by atoms with van der Waals surface area (Å²) in [6, 6.07) is 7.50. The van der Waals surface area contributed by atoms with Gasteiger partial charge in [-0.25, -0.2) is 0 Å². The molecular weight excluding hydrogens is 362 g/mol. The lowest BCUT2D eigenvalue weighted by Crippen LogP contribution is -2.45. The van der Waals surface area contributed by atoms with Crippen molar-refractivity contribution in [1.82, 2.24) is 15.1 Å². The van der Waals surface area contributed by atoms with Crippen molar-refractivity contribution in [3.05, 3.63) is 34.9 Å². The predicted octanol–water partition coefficient (Wildman–Crippen LogP) is 3.07. The Labute approximate surface area is 167 Å². The molecule has 0 bridgehead atoms. The van der Waals surface area contributed by atoms with Crippen LogP contribution in [0.3, 0.4) is 0 Å². The van der Waals surface area contributed by atoms with Crippen LogP contribution in [0.5, 0.6) is 0 Å². The number of hydrogen-bond donors (Lipinski definition) is 1. The smallest absolute Gasteiger partial charge is 0.234 e. The van der Waals surface area contributed by atoms with E-state index in [4.69, 9.17) is 11.6 Å². The van der Waals surface area contributed by atoms with E-state index in [1.807, 2.05) is 24.3 Å². The van der Waals surface area contributed by atoms with Crippen molar-refractivity contribution in [2.45, 2.75) is 45.1 Å². The number of nitrogens with one attached hydrogen (secondary N) is 1. The van der Waals surface area contributed by atoms with Crippen LogP contribution >= 0.6 is 11.6 Å². The third kappa shape index (κ3) is 6.22. The molecule has 2 heterocycles. The van der Waals surface area contributed by atoms with Crippen molar-refractivity contribution in [3.8, 4) is 0 Å². The molecule has 0 saturated carbocycles. The first-order chi connectivity index (χ1) is 13.1. The average Bonchev–Trinajstić information content (AvgIpc) is 2.97. The van der Waals surface area contributed by atoms with Gasteiger partial charge >= 0.3 is 0 Å². The number of benzene rings is 1. The van der Waals surface area contributed by atoms with Crippen LogP contribution in [-0.4, -0.2) is 54.3 Å². The van der Waals surface area contributed by atoms with E-state index >= 15 is 0 Å². The summed E-state index contributed by atoms with van der Waals surface area (Å²) in [6.45, 7) is 4.40. The second-order valence-electron chi connectivity index (χ2n) is 7.69. The zero-order chi connectivity index (χ0) is 19.1. The summed E-state index contributed by atoms with van der Waals surface area (Å²) in [5.74, 6) is 0.502. The van der Waals surface area contributed by atoms with E-state index in [9.17, 15) is 9.59 Å². The van der Waals surface area contributed by atoms with Crippen molar-refractivity contribution >= 4 is 23.4 Å². The van der Waals surface area contributed by atoms with Crippen molar-refractivity contribution in [2.24, 2.45) is 5.92 Å². The first kappa shape index (κ1) is 20.2. The van der Waals surface area contributed by atoms with Crippen molar-refractivity contribution < 1.29 is 9.59 Å². The number of carbonyl (C=O) groups excluding carboxylic acids is 2. The van der Waals surface area contributed by atoms with Gasteiger partial charge < -0.3 is 10.2 Å². The number of piperidine rings is 1. The zero-order valence-electron chi connectivity index (χ0n) is 16.0. The Morgan fingerprint density at radius 2 is 1.59 bits per heavy atom. The van der Waals surface area contributed by atoms with Gasteiger partial charge in [-0.1, -0.05) is 36.6 Å². The van der Waals surface area contributed by atoms with E-state index < -0.39 is 0 Å². The minimum atomic E-state index is 0.0299. The van der Waals surface area contributed by atoms with Gasteiger partial charge in [0.2, 0.25) is 11.8 Å². The van der Waals surface area contributed by atoms with Gasteiger partial charge in [0.05, 0.1) is 6.54 Å². The fraction of sp³-hybridized carbons (Fsp3) is 0.619. The maximum atomic E-state index is 12.7. The molecular formula is C21H30ClN3O2. The highest BCUT2D eigenvalue weighted by Crippen LogP contribution is 2.21. The first-order valence-corrected chi connectivity index (χ1v) is 10.5. The monoisotopic (exact) mass is 391 g/mol. The van der Waals surface area contributed by atoms with Crippen LogP contribution in [0.25, 0.3) is 0 Å². The highest BCUT2D eigenvalue weighted by Gasteiger charge is 2.29. The van der Waals surface area contributed by atoms with Crippen molar-refractivity contribution in [3.63, 3.8) is 0 Å². The van der Waals surface area contributed by atoms with E-state index in [1.165, 1.54) is 12.8 Å². The number of nitrogens with zero attached hydrogens (tertiary/aromatic N) is 2. The van der Waals surface area contributed by atoms with Crippen LogP contribution in [-0.2, 0) is 16.1 Å². The molecule has 2 aliphatic rings. The minimum Gasteiger partial charge on any atom is -0.351 e. The van der Waals surface area contributed by atoms with Gasteiger partial charge in [0.25, 0.3) is 0 Å². The lowest BCUT2D eigenvalue weighted by molar-refractivity contribution is -0.137. The van der Waals surface area contributed by atoms with Gasteiger partial charge in [-0.3, -0.25) is 14.5 Å². The van der Waals surface area contributed by atoms with Gasteiger partial charge in [0, 0.05) is 30.6 Å². The standard InChI is InChI=1S/C21H30ClN3O2/c22-19-7-5-17(6-8-19)15-23-20(26)16-24-13-9-18(10-14-24)21(27)25-11-3-1-2-4-12-25/h5-8,18H,1-4,9-16H2,(H,23,26). The molecule has 0 radical (unpaired) electrons. The Morgan fingerprint density at radius 1 is 0.963 bits per heavy atom. The second-order valence-corrected chi connectivity index (χ2v) is 8.13. The first-order valence-electron chi connectivity index (χ1n) is 10.1. The second kappa shape index (κ2) is 10.1. The summed E-state index contributed by atoms with van der Waals surface area (Å²) < 4.78 is 0. The summed E-state index contributed by atoms with van der Waals surface area (Å²) in [7, 11) is 0. The summed E-state index contributed by atoms with van der Waals surface area (Å²) >= 11 is 5.87. The number of amides is 2. The third-order valence-electron chi connectivity index (χ3n) is 5.62. The van der Waals surface area contributed by atoms with E-state index in [-0.39, 0.29) is 11.8 Å². The largest absolute Gasteiger partial charge is 0.351 e. The fourth-order valence-corrected chi connectivity index (χ4v) is 4.08. The molecule has 2 amide bonds. The maximum Gasteiger partial charge on any atom is 0.234 e. The number of rotatable bonds is 5. The van der Waals surface area contributed by atoms with Crippen LogP contribution in [0, 0.1) is 5.92 Å². The van der Waals surface area contributed by atoms with E-state index in [0.717, 1.165) is 57.4 Å². The van der Waals surface area contributed by atoms with Crippen molar-refractivity contribution in [2.75, 3.05) is 32.7 Å². The third-order valence-corrected chi connectivity index (χ3v) is 5.88. The van der Waals surface area contributed by atoms with Gasteiger partial charge in [-0.15, -0.1) is 0 Å². The summed E-state index contributed by atoms with van der Waals surface area (Å²) in [4.78, 5) is 29.2. The van der Waals surface area contributed by atoms with Crippen LogP contribution in [0.4, 0.5) is 0 Å². The van der Waals surface area contributed by atoms with Crippen LogP contribution in [0.15, 0.2) is 24.3 Å².